The van der Waals surface area contributed by atoms with Crippen LogP contribution < -0.4 is 10.6 Å². The molecule has 2 heterocycles. The Bertz CT molecular complexity index is 402. The van der Waals surface area contributed by atoms with Crippen LogP contribution in [0.1, 0.15) is 17.0 Å². The maximum absolute atomic E-state index is 12.8. The second-order valence-electron chi connectivity index (χ2n) is 3.50. The number of rotatable bonds is 1. The van der Waals surface area contributed by atoms with Gasteiger partial charge in [0.15, 0.2) is 5.69 Å². The Kier molecular flexibility index (Phi) is 2.71. The minimum Gasteiger partial charge on any atom is -0.357 e. The topological polar surface area (TPSA) is 49.8 Å². The van der Waals surface area contributed by atoms with Crippen LogP contribution in [0.15, 0.2) is 0 Å². The fourth-order valence-corrected chi connectivity index (χ4v) is 1.71. The Morgan fingerprint density at radius 3 is 2.69 bits per heavy atom. The number of halogens is 3. The lowest BCUT2D eigenvalue weighted by molar-refractivity contribution is -0.141. The van der Waals surface area contributed by atoms with Crippen molar-refractivity contribution in [3.63, 3.8) is 0 Å². The summed E-state index contributed by atoms with van der Waals surface area (Å²) in [5.74, 6) is 0.00905. The summed E-state index contributed by atoms with van der Waals surface area (Å²) in [6.07, 6.45) is -4.11. The first kappa shape index (κ1) is 11.1. The Morgan fingerprint density at radius 1 is 1.31 bits per heavy atom. The average molecular weight is 232 g/mol. The van der Waals surface area contributed by atoms with Gasteiger partial charge in [0.25, 0.3) is 0 Å². The number of hydrogen-bond acceptors (Lipinski definition) is 4. The van der Waals surface area contributed by atoms with Crippen LogP contribution in [0, 0.1) is 0 Å². The molecule has 0 aromatic carbocycles. The van der Waals surface area contributed by atoms with Crippen LogP contribution in [0.25, 0.3) is 0 Å². The van der Waals surface area contributed by atoms with Gasteiger partial charge in [-0.2, -0.15) is 13.2 Å². The maximum atomic E-state index is 12.8. The normalized spacial score (nSPS) is 15.8. The highest BCUT2D eigenvalue weighted by atomic mass is 19.4. The van der Waals surface area contributed by atoms with Crippen molar-refractivity contribution >= 4 is 5.95 Å². The highest BCUT2D eigenvalue weighted by Crippen LogP contribution is 2.33. The molecule has 1 aliphatic rings. The van der Waals surface area contributed by atoms with E-state index in [4.69, 9.17) is 0 Å². The molecule has 7 heteroatoms. The first-order valence-electron chi connectivity index (χ1n) is 4.88. The van der Waals surface area contributed by atoms with Crippen molar-refractivity contribution in [1.29, 1.82) is 0 Å². The van der Waals surface area contributed by atoms with Gasteiger partial charge in [0, 0.05) is 19.2 Å². The van der Waals surface area contributed by atoms with E-state index >= 15 is 0 Å². The molecule has 0 unspecified atom stereocenters. The van der Waals surface area contributed by atoms with Gasteiger partial charge in [-0.05, 0) is 13.0 Å². The molecule has 1 aromatic heterocycles. The van der Waals surface area contributed by atoms with Crippen molar-refractivity contribution in [3.05, 3.63) is 17.0 Å². The molecule has 16 heavy (non-hydrogen) atoms. The van der Waals surface area contributed by atoms with E-state index in [2.05, 4.69) is 20.6 Å². The van der Waals surface area contributed by atoms with Crippen molar-refractivity contribution < 1.29 is 13.2 Å². The first-order valence-corrected chi connectivity index (χ1v) is 4.88. The van der Waals surface area contributed by atoms with Crippen molar-refractivity contribution in [2.75, 3.05) is 18.9 Å². The molecule has 0 bridgehead atoms. The van der Waals surface area contributed by atoms with Gasteiger partial charge < -0.3 is 10.6 Å². The van der Waals surface area contributed by atoms with Crippen molar-refractivity contribution in [2.24, 2.45) is 0 Å². The monoisotopic (exact) mass is 232 g/mol. The van der Waals surface area contributed by atoms with E-state index in [9.17, 15) is 13.2 Å². The van der Waals surface area contributed by atoms with E-state index in [-0.39, 0.29) is 11.5 Å². The summed E-state index contributed by atoms with van der Waals surface area (Å²) in [5, 5.41) is 5.53. The van der Waals surface area contributed by atoms with Crippen molar-refractivity contribution in [3.8, 4) is 0 Å². The lowest BCUT2D eigenvalue weighted by Gasteiger charge is -2.20. The molecule has 0 saturated carbocycles. The van der Waals surface area contributed by atoms with E-state index in [0.717, 1.165) is 0 Å². The molecule has 0 aliphatic carbocycles. The SMILES string of the molecule is CNc1nc2c(c(C(F)(F)F)n1)CCNC2. The molecule has 0 spiro atoms. The Morgan fingerprint density at radius 2 is 2.06 bits per heavy atom. The van der Waals surface area contributed by atoms with Crippen LogP contribution >= 0.6 is 0 Å². The van der Waals surface area contributed by atoms with Crippen LogP contribution in [0.2, 0.25) is 0 Å². The lowest BCUT2D eigenvalue weighted by atomic mass is 10.0. The summed E-state index contributed by atoms with van der Waals surface area (Å²) >= 11 is 0. The molecule has 0 fully saturated rings. The van der Waals surface area contributed by atoms with Crippen LogP contribution in [0.5, 0.6) is 0 Å². The summed E-state index contributed by atoms with van der Waals surface area (Å²) in [5.41, 5.74) is -0.175. The number of nitrogens with zero attached hydrogens (tertiary/aromatic N) is 2. The van der Waals surface area contributed by atoms with Gasteiger partial charge in [-0.3, -0.25) is 0 Å². The van der Waals surface area contributed by atoms with Gasteiger partial charge in [0.2, 0.25) is 5.95 Å². The third-order valence-corrected chi connectivity index (χ3v) is 2.43. The largest absolute Gasteiger partial charge is 0.433 e. The number of alkyl halides is 3. The molecule has 1 aliphatic heterocycles. The van der Waals surface area contributed by atoms with Crippen LogP contribution in [-0.2, 0) is 19.1 Å². The van der Waals surface area contributed by atoms with E-state index in [1.807, 2.05) is 0 Å². The van der Waals surface area contributed by atoms with Gasteiger partial charge in [-0.25, -0.2) is 9.97 Å². The summed E-state index contributed by atoms with van der Waals surface area (Å²) in [6.45, 7) is 0.883. The number of aromatic nitrogens is 2. The van der Waals surface area contributed by atoms with E-state index in [1.165, 1.54) is 7.05 Å². The third kappa shape index (κ3) is 1.95. The molecule has 0 saturated heterocycles. The molecule has 0 amide bonds. The second-order valence-corrected chi connectivity index (χ2v) is 3.50. The molecule has 1 aromatic rings. The number of nitrogens with one attached hydrogen (secondary N) is 2. The molecule has 2 rings (SSSR count). The number of hydrogen-bond donors (Lipinski definition) is 2. The standard InChI is InChI=1S/C9H11F3N4/c1-13-8-15-6-4-14-3-2-5(6)7(16-8)9(10,11)12/h14H,2-4H2,1H3,(H,13,15,16). The number of fused-ring (bicyclic) bond motifs is 1. The maximum Gasteiger partial charge on any atom is 0.433 e. The van der Waals surface area contributed by atoms with Gasteiger partial charge in [0.05, 0.1) is 5.69 Å². The van der Waals surface area contributed by atoms with Crippen LogP contribution in [0.4, 0.5) is 19.1 Å². The first-order chi connectivity index (χ1) is 7.52. The Hall–Kier alpha value is -1.37. The third-order valence-electron chi connectivity index (χ3n) is 2.43. The molecular weight excluding hydrogens is 221 g/mol. The zero-order valence-electron chi connectivity index (χ0n) is 8.65. The van der Waals surface area contributed by atoms with E-state index < -0.39 is 11.9 Å². The zero-order valence-corrected chi connectivity index (χ0v) is 8.65. The van der Waals surface area contributed by atoms with Crippen molar-refractivity contribution in [2.45, 2.75) is 19.1 Å². The summed E-state index contributed by atoms with van der Waals surface area (Å²) in [4.78, 5) is 7.52. The molecule has 0 radical (unpaired) electrons. The molecule has 0 atom stereocenters. The van der Waals surface area contributed by atoms with E-state index in [0.29, 0.717) is 25.2 Å². The van der Waals surface area contributed by atoms with Gasteiger partial charge >= 0.3 is 6.18 Å². The van der Waals surface area contributed by atoms with E-state index in [1.54, 1.807) is 0 Å². The minimum atomic E-state index is -4.42. The summed E-state index contributed by atoms with van der Waals surface area (Å²) < 4.78 is 38.3. The Labute approximate surface area is 90.3 Å². The summed E-state index contributed by atoms with van der Waals surface area (Å²) in [6, 6.07) is 0. The minimum absolute atomic E-state index is 0.00905. The fourth-order valence-electron chi connectivity index (χ4n) is 1.71. The summed E-state index contributed by atoms with van der Waals surface area (Å²) in [7, 11) is 1.50. The quantitative estimate of drug-likeness (QED) is 0.763. The van der Waals surface area contributed by atoms with Crippen LogP contribution in [-0.4, -0.2) is 23.6 Å². The average Bonchev–Trinajstić information content (AvgIpc) is 2.26. The second kappa shape index (κ2) is 3.89. The zero-order chi connectivity index (χ0) is 11.8. The van der Waals surface area contributed by atoms with Gasteiger partial charge in [-0.15, -0.1) is 0 Å². The van der Waals surface area contributed by atoms with Gasteiger partial charge in [-0.1, -0.05) is 0 Å². The molecular formula is C9H11F3N4. The highest BCUT2D eigenvalue weighted by molar-refractivity contribution is 5.37. The van der Waals surface area contributed by atoms with Crippen LogP contribution in [0.3, 0.4) is 0 Å². The molecule has 2 N–H and O–H groups in total. The Balaban J connectivity index is 2.56. The molecule has 88 valence electrons. The predicted octanol–water partition coefficient (Wildman–Crippen LogP) is 1.18. The fraction of sp³-hybridized carbons (Fsp3) is 0.556. The molecule has 4 nitrogen and oxygen atoms in total. The predicted molar refractivity (Wildman–Crippen MR) is 52.0 cm³/mol. The lowest BCUT2D eigenvalue weighted by Crippen LogP contribution is -2.29. The highest BCUT2D eigenvalue weighted by Gasteiger charge is 2.37. The smallest absolute Gasteiger partial charge is 0.357 e. The van der Waals surface area contributed by atoms with Crippen molar-refractivity contribution in [1.82, 2.24) is 15.3 Å². The number of anilines is 1. The van der Waals surface area contributed by atoms with Gasteiger partial charge in [0.1, 0.15) is 0 Å².